The summed E-state index contributed by atoms with van der Waals surface area (Å²) in [6.45, 7) is 13.7. The Morgan fingerprint density at radius 1 is 1.05 bits per heavy atom. The van der Waals surface area contributed by atoms with E-state index in [2.05, 4.69) is 53.7 Å². The van der Waals surface area contributed by atoms with Crippen LogP contribution in [-0.2, 0) is 15.3 Å². The SMILES string of the molecule is COS(=O)c1ccc(C(CC(C)(C)C)C(C)(C)C)cc1. The summed E-state index contributed by atoms with van der Waals surface area (Å²) < 4.78 is 16.5. The lowest BCUT2D eigenvalue weighted by Gasteiger charge is -2.36. The van der Waals surface area contributed by atoms with Crippen molar-refractivity contribution in [3.8, 4) is 0 Å². The maximum atomic E-state index is 11.6. The molecule has 2 atom stereocenters. The van der Waals surface area contributed by atoms with Gasteiger partial charge >= 0.3 is 0 Å². The van der Waals surface area contributed by atoms with Crippen molar-refractivity contribution in [3.05, 3.63) is 29.8 Å². The van der Waals surface area contributed by atoms with E-state index in [-0.39, 0.29) is 10.8 Å². The molecular weight excluding hydrogens is 268 g/mol. The van der Waals surface area contributed by atoms with Gasteiger partial charge in [-0.15, -0.1) is 0 Å². The molecule has 0 bridgehead atoms. The summed E-state index contributed by atoms with van der Waals surface area (Å²) in [5, 5.41) is 0. The molecule has 0 N–H and O–H groups in total. The highest BCUT2D eigenvalue weighted by Gasteiger charge is 2.30. The summed E-state index contributed by atoms with van der Waals surface area (Å²) in [7, 11) is 1.46. The zero-order valence-electron chi connectivity index (χ0n) is 13.8. The fourth-order valence-corrected chi connectivity index (χ4v) is 2.99. The van der Waals surface area contributed by atoms with Gasteiger partial charge in [0.2, 0.25) is 0 Å². The van der Waals surface area contributed by atoms with Crippen LogP contribution in [0.3, 0.4) is 0 Å². The van der Waals surface area contributed by atoms with Gasteiger partial charge in [0, 0.05) is 0 Å². The van der Waals surface area contributed by atoms with Crippen LogP contribution in [0.1, 0.15) is 59.4 Å². The predicted octanol–water partition coefficient (Wildman–Crippen LogP) is 4.92. The van der Waals surface area contributed by atoms with Gasteiger partial charge in [-0.25, -0.2) is 4.21 Å². The van der Waals surface area contributed by atoms with Crippen LogP contribution in [0.4, 0.5) is 0 Å². The molecule has 20 heavy (non-hydrogen) atoms. The first-order valence-electron chi connectivity index (χ1n) is 7.11. The summed E-state index contributed by atoms with van der Waals surface area (Å²) in [5.74, 6) is 0.479. The minimum Gasteiger partial charge on any atom is -0.290 e. The van der Waals surface area contributed by atoms with Gasteiger partial charge < -0.3 is 0 Å². The van der Waals surface area contributed by atoms with Crippen molar-refractivity contribution < 1.29 is 8.39 Å². The number of benzene rings is 1. The van der Waals surface area contributed by atoms with Crippen LogP contribution in [0.5, 0.6) is 0 Å². The molecule has 0 aliphatic carbocycles. The average molecular weight is 296 g/mol. The van der Waals surface area contributed by atoms with E-state index in [9.17, 15) is 4.21 Å². The molecule has 0 aromatic heterocycles. The molecule has 0 amide bonds. The molecule has 0 saturated carbocycles. The standard InChI is InChI=1S/C17H28O2S/c1-16(2,3)12-15(17(4,5)6)13-8-10-14(11-9-13)20(18)19-7/h8-11,15H,12H2,1-7H3. The highest BCUT2D eigenvalue weighted by molar-refractivity contribution is 7.80. The van der Waals surface area contributed by atoms with Crippen LogP contribution in [0, 0.1) is 10.8 Å². The van der Waals surface area contributed by atoms with E-state index in [4.69, 9.17) is 4.18 Å². The predicted molar refractivity (Wildman–Crippen MR) is 86.1 cm³/mol. The van der Waals surface area contributed by atoms with Gasteiger partial charge in [-0.3, -0.25) is 4.18 Å². The Kier molecular flexibility index (Phi) is 5.56. The average Bonchev–Trinajstić information content (AvgIpc) is 2.33. The highest BCUT2D eigenvalue weighted by Crippen LogP contribution is 2.43. The van der Waals surface area contributed by atoms with Crippen LogP contribution in [0.2, 0.25) is 0 Å². The second-order valence-electron chi connectivity index (χ2n) is 7.65. The second kappa shape index (κ2) is 6.40. The van der Waals surface area contributed by atoms with E-state index in [1.165, 1.54) is 12.7 Å². The number of rotatable bonds is 4. The smallest absolute Gasteiger partial charge is 0.188 e. The van der Waals surface area contributed by atoms with Gasteiger partial charge in [0.1, 0.15) is 0 Å². The molecule has 0 aliphatic rings. The molecule has 1 rings (SSSR count). The van der Waals surface area contributed by atoms with Crippen LogP contribution >= 0.6 is 0 Å². The van der Waals surface area contributed by atoms with Crippen LogP contribution < -0.4 is 0 Å². The maximum Gasteiger partial charge on any atom is 0.188 e. The van der Waals surface area contributed by atoms with Gasteiger partial charge in [-0.2, -0.15) is 0 Å². The molecule has 0 saturated heterocycles. The topological polar surface area (TPSA) is 26.3 Å². The Bertz CT molecular complexity index is 449. The van der Waals surface area contributed by atoms with Crippen molar-refractivity contribution in [3.63, 3.8) is 0 Å². The van der Waals surface area contributed by atoms with Crippen LogP contribution in [-0.4, -0.2) is 11.3 Å². The zero-order chi connectivity index (χ0) is 15.6. The van der Waals surface area contributed by atoms with E-state index in [1.807, 2.05) is 12.1 Å². The molecule has 0 radical (unpaired) electrons. The largest absolute Gasteiger partial charge is 0.290 e. The zero-order valence-corrected chi connectivity index (χ0v) is 14.6. The Morgan fingerprint density at radius 3 is 1.90 bits per heavy atom. The Morgan fingerprint density at radius 2 is 1.55 bits per heavy atom. The molecule has 0 heterocycles. The lowest BCUT2D eigenvalue weighted by molar-refractivity contribution is 0.229. The summed E-state index contributed by atoms with van der Waals surface area (Å²) in [4.78, 5) is 0.722. The molecule has 114 valence electrons. The van der Waals surface area contributed by atoms with Gasteiger partial charge in [0.05, 0.1) is 12.0 Å². The molecule has 1 aromatic rings. The first-order chi connectivity index (χ1) is 9.04. The quantitative estimate of drug-likeness (QED) is 0.788. The van der Waals surface area contributed by atoms with Crippen molar-refractivity contribution in [2.75, 3.05) is 7.11 Å². The normalized spacial score (nSPS) is 15.9. The third kappa shape index (κ3) is 5.02. The summed E-state index contributed by atoms with van der Waals surface area (Å²) in [6.07, 6.45) is 1.13. The van der Waals surface area contributed by atoms with E-state index in [0.29, 0.717) is 5.92 Å². The van der Waals surface area contributed by atoms with Gasteiger partial charge in [-0.1, -0.05) is 53.7 Å². The molecule has 2 nitrogen and oxygen atoms in total. The molecule has 0 spiro atoms. The van der Waals surface area contributed by atoms with E-state index < -0.39 is 11.1 Å². The summed E-state index contributed by atoms with van der Waals surface area (Å²) in [6, 6.07) is 8.01. The third-order valence-electron chi connectivity index (χ3n) is 3.49. The fourth-order valence-electron chi connectivity index (χ4n) is 2.44. The third-order valence-corrected chi connectivity index (χ3v) is 4.45. The van der Waals surface area contributed by atoms with Crippen molar-refractivity contribution in [2.45, 2.75) is 58.8 Å². The molecule has 1 aromatic carbocycles. The molecular formula is C17H28O2S. The summed E-state index contributed by atoms with van der Waals surface area (Å²) in [5.41, 5.74) is 1.80. The van der Waals surface area contributed by atoms with Crippen LogP contribution in [0.25, 0.3) is 0 Å². The first-order valence-corrected chi connectivity index (χ1v) is 8.18. The monoisotopic (exact) mass is 296 g/mol. The van der Waals surface area contributed by atoms with E-state index in [1.54, 1.807) is 0 Å². The molecule has 0 fully saturated rings. The number of hydrogen-bond donors (Lipinski definition) is 0. The second-order valence-corrected chi connectivity index (χ2v) is 8.93. The minimum atomic E-state index is -1.35. The molecule has 0 aliphatic heterocycles. The fraction of sp³-hybridized carbons (Fsp3) is 0.647. The summed E-state index contributed by atoms with van der Waals surface area (Å²) >= 11 is -1.35. The van der Waals surface area contributed by atoms with Gasteiger partial charge in [0.25, 0.3) is 0 Å². The Hall–Kier alpha value is -0.670. The van der Waals surface area contributed by atoms with Crippen molar-refractivity contribution >= 4 is 11.1 Å². The van der Waals surface area contributed by atoms with Crippen molar-refractivity contribution in [2.24, 2.45) is 10.8 Å². The van der Waals surface area contributed by atoms with Crippen molar-refractivity contribution in [1.29, 1.82) is 0 Å². The lowest BCUT2D eigenvalue weighted by Crippen LogP contribution is -2.23. The lowest BCUT2D eigenvalue weighted by atomic mass is 9.69. The van der Waals surface area contributed by atoms with Gasteiger partial charge in [0.15, 0.2) is 11.1 Å². The molecule has 3 heteroatoms. The van der Waals surface area contributed by atoms with E-state index >= 15 is 0 Å². The number of hydrogen-bond acceptors (Lipinski definition) is 2. The minimum absolute atomic E-state index is 0.204. The first kappa shape index (κ1) is 17.4. The maximum absolute atomic E-state index is 11.6. The highest BCUT2D eigenvalue weighted by atomic mass is 32.2. The van der Waals surface area contributed by atoms with Gasteiger partial charge in [-0.05, 0) is 40.9 Å². The van der Waals surface area contributed by atoms with E-state index in [0.717, 1.165) is 11.3 Å². The molecule has 2 unspecified atom stereocenters. The van der Waals surface area contributed by atoms with Crippen molar-refractivity contribution in [1.82, 2.24) is 0 Å². The Labute approximate surface area is 126 Å². The Balaban J connectivity index is 3.06. The van der Waals surface area contributed by atoms with Crippen LogP contribution in [0.15, 0.2) is 29.2 Å².